The number of carbonyl (C=O) groups is 1. The van der Waals surface area contributed by atoms with E-state index in [9.17, 15) is 17.6 Å². The molecule has 0 unspecified atom stereocenters. The summed E-state index contributed by atoms with van der Waals surface area (Å²) in [6.07, 6.45) is 4.45. The van der Waals surface area contributed by atoms with Crippen molar-refractivity contribution in [2.75, 3.05) is 5.32 Å². The molecule has 160 valence electrons. The minimum atomic E-state index is -3.53. The molecule has 3 aromatic rings. The second kappa shape index (κ2) is 8.36. The Kier molecular flexibility index (Phi) is 5.61. The maximum atomic E-state index is 14.1. The van der Waals surface area contributed by atoms with Gasteiger partial charge in [0, 0.05) is 12.1 Å². The Labute approximate surface area is 178 Å². The van der Waals surface area contributed by atoms with Gasteiger partial charge < -0.3 is 5.32 Å². The Hall–Kier alpha value is -3.44. The van der Waals surface area contributed by atoms with Gasteiger partial charge in [0.25, 0.3) is 0 Å². The molecule has 1 amide bonds. The van der Waals surface area contributed by atoms with E-state index >= 15 is 0 Å². The first-order valence-corrected chi connectivity index (χ1v) is 11.0. The first-order chi connectivity index (χ1) is 14.8. The number of sulfonamides is 1. The van der Waals surface area contributed by atoms with Gasteiger partial charge in [0.1, 0.15) is 5.82 Å². The fourth-order valence-corrected chi connectivity index (χ4v) is 4.11. The lowest BCUT2D eigenvalue weighted by Crippen LogP contribution is -2.25. The van der Waals surface area contributed by atoms with Gasteiger partial charge in [-0.3, -0.25) is 4.79 Å². The summed E-state index contributed by atoms with van der Waals surface area (Å²) < 4.78 is 42.5. The zero-order valence-electron chi connectivity index (χ0n) is 16.5. The van der Waals surface area contributed by atoms with Crippen LogP contribution in [0.1, 0.15) is 24.2 Å². The van der Waals surface area contributed by atoms with E-state index in [-0.39, 0.29) is 16.6 Å². The fourth-order valence-electron chi connectivity index (χ4n) is 2.80. The minimum absolute atomic E-state index is 0.0189. The fraction of sp³-hybridized carbons (Fsp3) is 0.200. The number of aromatic nitrogens is 4. The maximum Gasteiger partial charge on any atom is 0.248 e. The highest BCUT2D eigenvalue weighted by molar-refractivity contribution is 7.89. The van der Waals surface area contributed by atoms with Crippen molar-refractivity contribution in [2.45, 2.75) is 30.7 Å². The van der Waals surface area contributed by atoms with Crippen molar-refractivity contribution in [2.24, 2.45) is 0 Å². The average Bonchev–Trinajstić information content (AvgIpc) is 3.44. The van der Waals surface area contributed by atoms with Gasteiger partial charge in [0.2, 0.25) is 15.9 Å². The number of hydrogen-bond acceptors (Lipinski definition) is 6. The van der Waals surface area contributed by atoms with Crippen molar-refractivity contribution in [1.29, 1.82) is 0 Å². The van der Waals surface area contributed by atoms with Gasteiger partial charge in [-0.25, -0.2) is 17.5 Å². The molecule has 1 aliphatic carbocycles. The van der Waals surface area contributed by atoms with Crippen molar-refractivity contribution in [3.63, 3.8) is 0 Å². The van der Waals surface area contributed by atoms with E-state index < -0.39 is 21.7 Å². The van der Waals surface area contributed by atoms with E-state index in [0.29, 0.717) is 17.1 Å². The van der Waals surface area contributed by atoms with Crippen LogP contribution in [0.3, 0.4) is 0 Å². The molecule has 1 aliphatic rings. The number of nitrogens with one attached hydrogen (secondary N) is 2. The van der Waals surface area contributed by atoms with E-state index in [1.165, 1.54) is 47.2 Å². The number of tetrazole rings is 1. The number of carbonyl (C=O) groups excluding carboxylic acids is 1. The molecular weight excluding hydrogens is 423 g/mol. The number of halogens is 1. The first kappa shape index (κ1) is 20.8. The zero-order valence-corrected chi connectivity index (χ0v) is 17.3. The van der Waals surface area contributed by atoms with Gasteiger partial charge in [-0.15, -0.1) is 5.10 Å². The molecule has 1 saturated carbocycles. The Balaban J connectivity index is 1.43. The zero-order chi connectivity index (χ0) is 22.0. The quantitative estimate of drug-likeness (QED) is 0.542. The van der Waals surface area contributed by atoms with Gasteiger partial charge in [-0.05, 0) is 72.2 Å². The van der Waals surface area contributed by atoms with Crippen LogP contribution >= 0.6 is 0 Å². The standard InChI is InChI=1S/C20H19FN6O3S/c1-13-23-25-26-27(13)16-7-10-18(21)19(12-16)22-20(28)11-4-14-2-8-17(9-3-14)31(29,30)24-15-5-6-15/h2-4,7-12,15,24H,5-6H2,1H3,(H,22,28)/b11-4+. The molecule has 0 spiro atoms. The number of anilines is 1. The molecule has 9 nitrogen and oxygen atoms in total. The first-order valence-electron chi connectivity index (χ1n) is 9.48. The Bertz CT molecular complexity index is 1250. The van der Waals surface area contributed by atoms with Crippen LogP contribution in [-0.2, 0) is 14.8 Å². The lowest BCUT2D eigenvalue weighted by molar-refractivity contribution is -0.111. The van der Waals surface area contributed by atoms with Gasteiger partial charge >= 0.3 is 0 Å². The summed E-state index contributed by atoms with van der Waals surface area (Å²) in [5, 5.41) is 13.6. The van der Waals surface area contributed by atoms with Crippen molar-refractivity contribution in [1.82, 2.24) is 24.9 Å². The summed E-state index contributed by atoms with van der Waals surface area (Å²) in [7, 11) is -3.53. The molecule has 0 aliphatic heterocycles. The summed E-state index contributed by atoms with van der Waals surface area (Å²) in [6.45, 7) is 1.70. The van der Waals surface area contributed by atoms with Crippen LogP contribution < -0.4 is 10.0 Å². The minimum Gasteiger partial charge on any atom is -0.320 e. The predicted molar refractivity (Wildman–Crippen MR) is 111 cm³/mol. The van der Waals surface area contributed by atoms with Gasteiger partial charge in [-0.2, -0.15) is 4.68 Å². The molecule has 1 aromatic heterocycles. The van der Waals surface area contributed by atoms with Crippen LogP contribution in [0.5, 0.6) is 0 Å². The van der Waals surface area contributed by atoms with Crippen LogP contribution in [0, 0.1) is 12.7 Å². The number of benzene rings is 2. The molecule has 4 rings (SSSR count). The van der Waals surface area contributed by atoms with E-state index in [4.69, 9.17) is 0 Å². The highest BCUT2D eigenvalue weighted by Crippen LogP contribution is 2.22. The molecule has 1 fully saturated rings. The molecular formula is C20H19FN6O3S. The van der Waals surface area contributed by atoms with E-state index in [0.717, 1.165) is 12.8 Å². The highest BCUT2D eigenvalue weighted by Gasteiger charge is 2.27. The van der Waals surface area contributed by atoms with Gasteiger partial charge in [-0.1, -0.05) is 12.1 Å². The predicted octanol–water partition coefficient (Wildman–Crippen LogP) is 2.20. The number of amides is 1. The van der Waals surface area contributed by atoms with Crippen LogP contribution in [0.15, 0.2) is 53.4 Å². The largest absolute Gasteiger partial charge is 0.320 e. The van der Waals surface area contributed by atoms with Crippen LogP contribution in [0.2, 0.25) is 0 Å². The Morgan fingerprint density at radius 2 is 1.94 bits per heavy atom. The molecule has 31 heavy (non-hydrogen) atoms. The Morgan fingerprint density at radius 3 is 2.58 bits per heavy atom. The lowest BCUT2D eigenvalue weighted by atomic mass is 10.2. The topological polar surface area (TPSA) is 119 Å². The van der Waals surface area contributed by atoms with Crippen molar-refractivity contribution < 1.29 is 17.6 Å². The number of nitrogens with zero attached hydrogens (tertiary/aromatic N) is 4. The number of aryl methyl sites for hydroxylation is 1. The summed E-state index contributed by atoms with van der Waals surface area (Å²) in [5.41, 5.74) is 1.11. The molecule has 2 aromatic carbocycles. The summed E-state index contributed by atoms with van der Waals surface area (Å²) in [5.74, 6) is -0.632. The summed E-state index contributed by atoms with van der Waals surface area (Å²) >= 11 is 0. The molecule has 2 N–H and O–H groups in total. The van der Waals surface area contributed by atoms with Gasteiger partial charge in [0.15, 0.2) is 5.82 Å². The third-order valence-corrected chi connectivity index (χ3v) is 6.13. The third kappa shape index (κ3) is 5.01. The van der Waals surface area contributed by atoms with Crippen molar-refractivity contribution in [3.8, 4) is 5.69 Å². The smallest absolute Gasteiger partial charge is 0.248 e. The van der Waals surface area contributed by atoms with Gasteiger partial charge in [0.05, 0.1) is 16.3 Å². The molecule has 0 bridgehead atoms. The normalized spacial score (nSPS) is 14.1. The van der Waals surface area contributed by atoms with Crippen LogP contribution in [-0.4, -0.2) is 40.6 Å². The molecule has 1 heterocycles. The van der Waals surface area contributed by atoms with E-state index in [1.54, 1.807) is 19.1 Å². The molecule has 0 radical (unpaired) electrons. The Morgan fingerprint density at radius 1 is 1.19 bits per heavy atom. The van der Waals surface area contributed by atoms with E-state index in [2.05, 4.69) is 25.6 Å². The summed E-state index contributed by atoms with van der Waals surface area (Å²) in [4.78, 5) is 12.4. The maximum absolute atomic E-state index is 14.1. The SMILES string of the molecule is Cc1nnnn1-c1ccc(F)c(NC(=O)/C=C/c2ccc(S(=O)(=O)NC3CC3)cc2)c1. The third-order valence-electron chi connectivity index (χ3n) is 4.59. The average molecular weight is 442 g/mol. The lowest BCUT2D eigenvalue weighted by Gasteiger charge is -2.08. The molecule has 0 atom stereocenters. The van der Waals surface area contributed by atoms with Crippen LogP contribution in [0.4, 0.5) is 10.1 Å². The highest BCUT2D eigenvalue weighted by atomic mass is 32.2. The molecule has 11 heteroatoms. The monoisotopic (exact) mass is 442 g/mol. The van der Waals surface area contributed by atoms with E-state index in [1.807, 2.05) is 0 Å². The van der Waals surface area contributed by atoms with Crippen molar-refractivity contribution >= 4 is 27.7 Å². The number of hydrogen-bond donors (Lipinski definition) is 2. The second-order valence-electron chi connectivity index (χ2n) is 7.09. The molecule has 0 saturated heterocycles. The summed E-state index contributed by atoms with van der Waals surface area (Å²) in [6, 6.07) is 10.3. The van der Waals surface area contributed by atoms with Crippen LogP contribution in [0.25, 0.3) is 11.8 Å². The van der Waals surface area contributed by atoms with Crippen molar-refractivity contribution in [3.05, 3.63) is 65.7 Å². The number of rotatable bonds is 7. The second-order valence-corrected chi connectivity index (χ2v) is 8.80.